The molecule has 1 N–H and O–H groups in total. The maximum absolute atomic E-state index is 6.28. The van der Waals surface area contributed by atoms with Gasteiger partial charge in [0.1, 0.15) is 11.9 Å². The lowest BCUT2D eigenvalue weighted by atomic mass is 9.82. The van der Waals surface area contributed by atoms with Crippen LogP contribution in [0.25, 0.3) is 0 Å². The number of rotatable bonds is 5. The predicted octanol–water partition coefficient (Wildman–Crippen LogP) is 4.67. The van der Waals surface area contributed by atoms with Crippen LogP contribution in [0.3, 0.4) is 0 Å². The maximum Gasteiger partial charge on any atom is 0.119 e. The van der Waals surface area contributed by atoms with Crippen LogP contribution in [0.1, 0.15) is 64.9 Å². The van der Waals surface area contributed by atoms with Gasteiger partial charge in [-0.15, -0.1) is 0 Å². The molecule has 0 heterocycles. The van der Waals surface area contributed by atoms with Crippen molar-refractivity contribution >= 4 is 0 Å². The van der Waals surface area contributed by atoms with Gasteiger partial charge in [-0.2, -0.15) is 0 Å². The molecule has 1 aromatic carbocycles. The van der Waals surface area contributed by atoms with Crippen molar-refractivity contribution in [2.24, 2.45) is 0 Å². The topological polar surface area (TPSA) is 21.3 Å². The summed E-state index contributed by atoms with van der Waals surface area (Å²) in [6, 6.07) is 9.22. The standard InChI is InChI=1S/C19H31NO/c1-5-19(2,3)15-11-13-16(14-12-15)21-18-10-8-6-7-9-17(18)20-4/h11-14,17-18,20H,5-10H2,1-4H3. The van der Waals surface area contributed by atoms with Gasteiger partial charge in [-0.25, -0.2) is 0 Å². The first kappa shape index (κ1) is 16.4. The Balaban J connectivity index is 2.05. The third-order valence-electron chi connectivity index (χ3n) is 5.13. The van der Waals surface area contributed by atoms with E-state index in [1.807, 2.05) is 0 Å². The molecule has 0 aliphatic heterocycles. The van der Waals surface area contributed by atoms with Gasteiger partial charge >= 0.3 is 0 Å². The molecule has 0 amide bonds. The molecule has 0 aromatic heterocycles. The molecule has 2 atom stereocenters. The summed E-state index contributed by atoms with van der Waals surface area (Å²) in [5, 5.41) is 3.43. The molecule has 2 unspecified atom stereocenters. The van der Waals surface area contributed by atoms with Crippen LogP contribution in [0, 0.1) is 0 Å². The summed E-state index contributed by atoms with van der Waals surface area (Å²) in [6.45, 7) is 6.84. The predicted molar refractivity (Wildman–Crippen MR) is 90.1 cm³/mol. The molecule has 2 nitrogen and oxygen atoms in total. The van der Waals surface area contributed by atoms with Crippen LogP contribution in [0.5, 0.6) is 5.75 Å². The molecular weight excluding hydrogens is 258 g/mol. The number of ether oxygens (including phenoxy) is 1. The molecule has 0 saturated heterocycles. The Kier molecular flexibility index (Phi) is 5.69. The third kappa shape index (κ3) is 4.23. The molecule has 1 aromatic rings. The van der Waals surface area contributed by atoms with Crippen LogP contribution in [0.2, 0.25) is 0 Å². The Hall–Kier alpha value is -1.02. The monoisotopic (exact) mass is 289 g/mol. The molecule has 1 aliphatic rings. The molecule has 118 valence electrons. The fourth-order valence-electron chi connectivity index (χ4n) is 3.11. The zero-order valence-electron chi connectivity index (χ0n) is 14.1. The van der Waals surface area contributed by atoms with E-state index in [0.29, 0.717) is 12.1 Å². The Morgan fingerprint density at radius 3 is 2.38 bits per heavy atom. The van der Waals surface area contributed by atoms with E-state index in [1.165, 1.54) is 31.2 Å². The summed E-state index contributed by atoms with van der Waals surface area (Å²) in [6.07, 6.45) is 7.77. The third-order valence-corrected chi connectivity index (χ3v) is 5.13. The van der Waals surface area contributed by atoms with Crippen molar-refractivity contribution in [2.45, 2.75) is 76.9 Å². The molecule has 0 bridgehead atoms. The van der Waals surface area contributed by atoms with E-state index in [1.54, 1.807) is 0 Å². The van der Waals surface area contributed by atoms with Crippen molar-refractivity contribution in [1.29, 1.82) is 0 Å². The molecule has 1 fully saturated rings. The quantitative estimate of drug-likeness (QED) is 0.795. The van der Waals surface area contributed by atoms with Crippen molar-refractivity contribution in [3.05, 3.63) is 29.8 Å². The summed E-state index contributed by atoms with van der Waals surface area (Å²) in [5.41, 5.74) is 1.64. The normalized spacial score (nSPS) is 23.6. The number of nitrogens with one attached hydrogen (secondary N) is 1. The Morgan fingerprint density at radius 2 is 1.76 bits per heavy atom. The van der Waals surface area contributed by atoms with Crippen LogP contribution >= 0.6 is 0 Å². The summed E-state index contributed by atoms with van der Waals surface area (Å²) in [5.74, 6) is 1.01. The molecule has 1 aliphatic carbocycles. The van der Waals surface area contributed by atoms with Gasteiger partial charge in [-0.05, 0) is 55.8 Å². The second-order valence-corrected chi connectivity index (χ2v) is 6.95. The van der Waals surface area contributed by atoms with E-state index in [0.717, 1.165) is 18.6 Å². The van der Waals surface area contributed by atoms with Crippen molar-refractivity contribution in [3.8, 4) is 5.75 Å². The number of hydrogen-bond acceptors (Lipinski definition) is 2. The van der Waals surface area contributed by atoms with E-state index in [-0.39, 0.29) is 5.41 Å². The lowest BCUT2D eigenvalue weighted by Gasteiger charge is -2.27. The fourth-order valence-corrected chi connectivity index (χ4v) is 3.11. The average Bonchev–Trinajstić information content (AvgIpc) is 2.73. The van der Waals surface area contributed by atoms with Crippen molar-refractivity contribution in [2.75, 3.05) is 7.05 Å². The smallest absolute Gasteiger partial charge is 0.119 e. The number of benzene rings is 1. The van der Waals surface area contributed by atoms with Crippen LogP contribution < -0.4 is 10.1 Å². The molecule has 2 rings (SSSR count). The minimum Gasteiger partial charge on any atom is -0.489 e. The second-order valence-electron chi connectivity index (χ2n) is 6.95. The summed E-state index contributed by atoms with van der Waals surface area (Å²) in [4.78, 5) is 0. The molecule has 0 spiro atoms. The Morgan fingerprint density at radius 1 is 1.10 bits per heavy atom. The molecule has 2 heteroatoms. The highest BCUT2D eigenvalue weighted by Gasteiger charge is 2.24. The maximum atomic E-state index is 6.28. The zero-order chi connectivity index (χ0) is 15.3. The van der Waals surface area contributed by atoms with Gasteiger partial charge < -0.3 is 10.1 Å². The van der Waals surface area contributed by atoms with Crippen LogP contribution in [0.15, 0.2) is 24.3 Å². The van der Waals surface area contributed by atoms with Gasteiger partial charge in [0.2, 0.25) is 0 Å². The highest BCUT2D eigenvalue weighted by atomic mass is 16.5. The first-order valence-electron chi connectivity index (χ1n) is 8.51. The molecular formula is C19H31NO. The first-order valence-corrected chi connectivity index (χ1v) is 8.51. The molecule has 0 radical (unpaired) electrons. The van der Waals surface area contributed by atoms with E-state index < -0.39 is 0 Å². The Labute approximate surface area is 130 Å². The lowest BCUT2D eigenvalue weighted by molar-refractivity contribution is 0.149. The van der Waals surface area contributed by atoms with Crippen molar-refractivity contribution in [1.82, 2.24) is 5.32 Å². The summed E-state index contributed by atoms with van der Waals surface area (Å²) >= 11 is 0. The van der Waals surface area contributed by atoms with Crippen LogP contribution in [-0.4, -0.2) is 19.2 Å². The van der Waals surface area contributed by atoms with E-state index in [2.05, 4.69) is 57.4 Å². The van der Waals surface area contributed by atoms with Crippen LogP contribution in [0.4, 0.5) is 0 Å². The Bertz CT molecular complexity index is 424. The van der Waals surface area contributed by atoms with E-state index in [9.17, 15) is 0 Å². The van der Waals surface area contributed by atoms with Crippen LogP contribution in [-0.2, 0) is 5.41 Å². The lowest BCUT2D eigenvalue weighted by Crippen LogP contribution is -2.40. The van der Waals surface area contributed by atoms with Gasteiger partial charge in [-0.3, -0.25) is 0 Å². The highest BCUT2D eigenvalue weighted by molar-refractivity contribution is 5.31. The van der Waals surface area contributed by atoms with Gasteiger partial charge in [0.25, 0.3) is 0 Å². The molecule has 1 saturated carbocycles. The largest absolute Gasteiger partial charge is 0.489 e. The summed E-state index contributed by atoms with van der Waals surface area (Å²) in [7, 11) is 2.05. The number of likely N-dealkylation sites (N-methyl/N-ethyl adjacent to an activating group) is 1. The van der Waals surface area contributed by atoms with E-state index >= 15 is 0 Å². The van der Waals surface area contributed by atoms with Crippen molar-refractivity contribution < 1.29 is 4.74 Å². The van der Waals surface area contributed by atoms with Crippen molar-refractivity contribution in [3.63, 3.8) is 0 Å². The van der Waals surface area contributed by atoms with Gasteiger partial charge in [-0.1, -0.05) is 45.7 Å². The SMILES string of the molecule is CCC(C)(C)c1ccc(OC2CCCCCC2NC)cc1. The average molecular weight is 289 g/mol. The number of hydrogen-bond donors (Lipinski definition) is 1. The summed E-state index contributed by atoms with van der Waals surface area (Å²) < 4.78 is 6.28. The van der Waals surface area contributed by atoms with Gasteiger partial charge in [0.15, 0.2) is 0 Å². The minimum absolute atomic E-state index is 0.244. The van der Waals surface area contributed by atoms with Gasteiger partial charge in [0.05, 0.1) is 0 Å². The highest BCUT2D eigenvalue weighted by Crippen LogP contribution is 2.29. The second kappa shape index (κ2) is 7.31. The minimum atomic E-state index is 0.244. The zero-order valence-corrected chi connectivity index (χ0v) is 14.1. The fraction of sp³-hybridized carbons (Fsp3) is 0.684. The molecule has 21 heavy (non-hydrogen) atoms. The van der Waals surface area contributed by atoms with E-state index in [4.69, 9.17) is 4.74 Å². The van der Waals surface area contributed by atoms with Gasteiger partial charge in [0, 0.05) is 6.04 Å². The first-order chi connectivity index (χ1) is 10.1.